The summed E-state index contributed by atoms with van der Waals surface area (Å²) in [6, 6.07) is 21.2. The van der Waals surface area contributed by atoms with Gasteiger partial charge in [0.25, 0.3) is 17.7 Å². The fourth-order valence-corrected chi connectivity index (χ4v) is 5.17. The predicted molar refractivity (Wildman–Crippen MR) is 142 cm³/mol. The first kappa shape index (κ1) is 24.4. The Morgan fingerprint density at radius 2 is 1.73 bits per heavy atom. The van der Waals surface area contributed by atoms with Crippen molar-refractivity contribution in [3.05, 3.63) is 106 Å². The van der Waals surface area contributed by atoms with Crippen LogP contribution >= 0.6 is 23.1 Å². The van der Waals surface area contributed by atoms with Gasteiger partial charge in [-0.3, -0.25) is 19.3 Å². The van der Waals surface area contributed by atoms with Crippen LogP contribution in [0.4, 0.5) is 11.4 Å². The number of nitrogens with zero attached hydrogens (tertiary/aromatic N) is 1. The summed E-state index contributed by atoms with van der Waals surface area (Å²) in [5.74, 6) is 0.127. The highest BCUT2D eigenvalue weighted by atomic mass is 32.2. The van der Waals surface area contributed by atoms with Gasteiger partial charge >= 0.3 is 0 Å². The topological polar surface area (TPSA) is 101 Å². The van der Waals surface area contributed by atoms with Gasteiger partial charge in [0.1, 0.15) is 22.1 Å². The number of rotatable bonds is 9. The van der Waals surface area contributed by atoms with E-state index in [1.165, 1.54) is 29.4 Å². The molecule has 0 unspecified atom stereocenters. The molecule has 8 nitrogen and oxygen atoms in total. The smallest absolute Gasteiger partial charge is 0.278 e. The molecule has 0 fully saturated rings. The average Bonchev–Trinajstić information content (AvgIpc) is 3.68. The van der Waals surface area contributed by atoms with Crippen LogP contribution in [0.15, 0.2) is 104 Å². The van der Waals surface area contributed by atoms with E-state index in [2.05, 4.69) is 10.6 Å². The number of anilines is 2. The molecule has 0 bridgehead atoms. The number of imide groups is 1. The Morgan fingerprint density at radius 3 is 2.38 bits per heavy atom. The molecule has 0 atom stereocenters. The van der Waals surface area contributed by atoms with E-state index in [9.17, 15) is 14.4 Å². The van der Waals surface area contributed by atoms with E-state index in [1.54, 1.807) is 73.8 Å². The van der Waals surface area contributed by atoms with Crippen LogP contribution in [0.1, 0.15) is 15.4 Å². The molecule has 4 aromatic rings. The second-order valence-electron chi connectivity index (χ2n) is 7.89. The molecule has 5 rings (SSSR count). The molecule has 1 aliphatic heterocycles. The molecule has 3 heterocycles. The van der Waals surface area contributed by atoms with E-state index < -0.39 is 11.8 Å². The number of hydrogen-bond acceptors (Lipinski definition) is 8. The molecule has 37 heavy (non-hydrogen) atoms. The number of thiophene rings is 1. The van der Waals surface area contributed by atoms with Crippen LogP contribution in [-0.4, -0.2) is 29.7 Å². The number of amides is 3. The van der Waals surface area contributed by atoms with E-state index in [0.717, 1.165) is 9.80 Å². The Balaban J connectivity index is 1.38. The molecule has 10 heteroatoms. The van der Waals surface area contributed by atoms with Gasteiger partial charge in [-0.05, 0) is 72.1 Å². The molecule has 0 radical (unpaired) electrons. The lowest BCUT2D eigenvalue weighted by molar-refractivity contribution is -0.138. The molecular weight excluding hydrogens is 510 g/mol. The van der Waals surface area contributed by atoms with Crippen molar-refractivity contribution in [2.75, 3.05) is 17.7 Å². The van der Waals surface area contributed by atoms with Crippen LogP contribution in [-0.2, 0) is 16.1 Å². The minimum absolute atomic E-state index is 0.0240. The van der Waals surface area contributed by atoms with Crippen molar-refractivity contribution in [2.45, 2.75) is 11.4 Å². The molecule has 2 N–H and O–H groups in total. The highest BCUT2D eigenvalue weighted by molar-refractivity contribution is 8.04. The van der Waals surface area contributed by atoms with Crippen LogP contribution in [0.5, 0.6) is 5.75 Å². The lowest BCUT2D eigenvalue weighted by Crippen LogP contribution is -2.31. The summed E-state index contributed by atoms with van der Waals surface area (Å²) >= 11 is 2.54. The monoisotopic (exact) mass is 531 g/mol. The second kappa shape index (κ2) is 10.8. The standard InChI is InChI=1S/C27H21N3O5S2/c1-34-19-10-6-17(7-11-19)28-23-24(27(33)30(26(23)32)16-20-4-2-14-35-20)37-21-12-8-18(9-13-21)29-25(31)22-5-3-15-36-22/h2-15,28H,16H2,1H3,(H,29,31). The zero-order chi connectivity index (χ0) is 25.8. The molecule has 1 aliphatic rings. The van der Waals surface area contributed by atoms with Gasteiger partial charge in [-0.15, -0.1) is 11.3 Å². The van der Waals surface area contributed by atoms with Gasteiger partial charge in [-0.1, -0.05) is 17.8 Å². The van der Waals surface area contributed by atoms with Crippen LogP contribution in [0.3, 0.4) is 0 Å². The first-order valence-electron chi connectivity index (χ1n) is 11.2. The van der Waals surface area contributed by atoms with Gasteiger partial charge in [0, 0.05) is 16.3 Å². The Bertz CT molecular complexity index is 1440. The van der Waals surface area contributed by atoms with Crippen molar-refractivity contribution in [1.82, 2.24) is 4.90 Å². The van der Waals surface area contributed by atoms with Gasteiger partial charge in [0.15, 0.2) is 0 Å². The fraction of sp³-hybridized carbons (Fsp3) is 0.0741. The molecule has 2 aromatic heterocycles. The third-order valence-corrected chi connectivity index (χ3v) is 7.42. The number of benzene rings is 2. The van der Waals surface area contributed by atoms with Crippen LogP contribution in [0.25, 0.3) is 0 Å². The summed E-state index contributed by atoms with van der Waals surface area (Å²) in [7, 11) is 1.57. The molecule has 0 spiro atoms. The number of ether oxygens (including phenoxy) is 1. The quantitative estimate of drug-likeness (QED) is 0.272. The van der Waals surface area contributed by atoms with E-state index >= 15 is 0 Å². The molecule has 0 aliphatic carbocycles. The van der Waals surface area contributed by atoms with Gasteiger partial charge in [-0.25, -0.2) is 0 Å². The summed E-state index contributed by atoms with van der Waals surface area (Å²) in [6.45, 7) is 0.0240. The number of nitrogens with one attached hydrogen (secondary N) is 2. The van der Waals surface area contributed by atoms with Crippen LogP contribution < -0.4 is 15.4 Å². The summed E-state index contributed by atoms with van der Waals surface area (Å²) in [5.41, 5.74) is 1.45. The van der Waals surface area contributed by atoms with Gasteiger partial charge in [0.05, 0.1) is 24.8 Å². The lowest BCUT2D eigenvalue weighted by atomic mass is 10.3. The SMILES string of the molecule is COc1ccc(NC2=C(Sc3ccc(NC(=O)c4cccs4)cc3)C(=O)N(Cc3ccco3)C2=O)cc1. The van der Waals surface area contributed by atoms with Crippen molar-refractivity contribution in [2.24, 2.45) is 0 Å². The maximum Gasteiger partial charge on any atom is 0.278 e. The number of carbonyl (C=O) groups excluding carboxylic acids is 3. The fourth-order valence-electron chi connectivity index (χ4n) is 3.60. The Labute approximate surface area is 220 Å². The maximum absolute atomic E-state index is 13.4. The minimum atomic E-state index is -0.445. The molecular formula is C27H21N3O5S2. The second-order valence-corrected chi connectivity index (χ2v) is 9.92. The first-order chi connectivity index (χ1) is 18.0. The van der Waals surface area contributed by atoms with E-state index in [-0.39, 0.29) is 23.1 Å². The normalized spacial score (nSPS) is 13.3. The molecule has 2 aromatic carbocycles. The Kier molecular flexibility index (Phi) is 7.11. The molecule has 3 amide bonds. The average molecular weight is 532 g/mol. The third kappa shape index (κ3) is 5.45. The van der Waals surface area contributed by atoms with Crippen molar-refractivity contribution < 1.29 is 23.5 Å². The molecule has 186 valence electrons. The lowest BCUT2D eigenvalue weighted by Gasteiger charge is -2.13. The zero-order valence-electron chi connectivity index (χ0n) is 19.6. The van der Waals surface area contributed by atoms with Crippen molar-refractivity contribution in [1.29, 1.82) is 0 Å². The molecule has 0 saturated heterocycles. The predicted octanol–water partition coefficient (Wildman–Crippen LogP) is 5.59. The van der Waals surface area contributed by atoms with Crippen molar-refractivity contribution in [3.63, 3.8) is 0 Å². The maximum atomic E-state index is 13.4. The minimum Gasteiger partial charge on any atom is -0.497 e. The van der Waals surface area contributed by atoms with Crippen LogP contribution in [0, 0.1) is 0 Å². The first-order valence-corrected chi connectivity index (χ1v) is 12.9. The zero-order valence-corrected chi connectivity index (χ0v) is 21.2. The van der Waals surface area contributed by atoms with E-state index in [4.69, 9.17) is 9.15 Å². The number of hydrogen-bond donors (Lipinski definition) is 2. The number of methoxy groups -OCH3 is 1. The van der Waals surface area contributed by atoms with E-state index in [0.29, 0.717) is 27.8 Å². The Hall–Kier alpha value is -4.28. The number of carbonyl (C=O) groups is 3. The summed E-state index contributed by atoms with van der Waals surface area (Å²) in [4.78, 5) is 41.8. The summed E-state index contributed by atoms with van der Waals surface area (Å²) in [6.07, 6.45) is 1.50. The van der Waals surface area contributed by atoms with Gasteiger partial charge in [0.2, 0.25) is 0 Å². The Morgan fingerprint density at radius 1 is 0.973 bits per heavy atom. The largest absolute Gasteiger partial charge is 0.497 e. The highest BCUT2D eigenvalue weighted by Crippen LogP contribution is 2.37. The number of thioether (sulfide) groups is 1. The third-order valence-electron chi connectivity index (χ3n) is 5.46. The van der Waals surface area contributed by atoms with Gasteiger partial charge < -0.3 is 19.8 Å². The summed E-state index contributed by atoms with van der Waals surface area (Å²) in [5, 5.41) is 7.80. The summed E-state index contributed by atoms with van der Waals surface area (Å²) < 4.78 is 10.6. The van der Waals surface area contributed by atoms with Crippen LogP contribution in [0.2, 0.25) is 0 Å². The van der Waals surface area contributed by atoms with E-state index in [1.807, 2.05) is 11.4 Å². The van der Waals surface area contributed by atoms with Crippen molar-refractivity contribution >= 4 is 52.2 Å². The molecule has 0 saturated carbocycles. The highest BCUT2D eigenvalue weighted by Gasteiger charge is 2.39. The number of furan rings is 1. The van der Waals surface area contributed by atoms with Crippen molar-refractivity contribution in [3.8, 4) is 5.75 Å². The van der Waals surface area contributed by atoms with Gasteiger partial charge in [-0.2, -0.15) is 0 Å².